The number of aliphatic carboxylic acids is 2. The average Bonchev–Trinajstić information content (AvgIpc) is 2.90. The van der Waals surface area contributed by atoms with Crippen molar-refractivity contribution in [1.82, 2.24) is 0 Å². The van der Waals surface area contributed by atoms with Crippen LogP contribution in [-0.2, 0) is 16.0 Å². The third-order valence-electron chi connectivity index (χ3n) is 6.56. The standard InChI is InChI=1S/C31H42O7S.2Na.2H/c1-3-4-5-6-7-8-9-11-23-14-16-24(17-15-23)31(27(33)12-10-13-29(34)35)39-25-18-19-26(22(2)32)28(20-25)38-21-30(36)37;;;;/h14-20,27,31,33H,3-13,21H2,1-2H3,(H,34,35)(H,36,37);;;;/q;2*+1;2*-1. The van der Waals surface area contributed by atoms with Gasteiger partial charge < -0.3 is 22.9 Å². The van der Waals surface area contributed by atoms with Crippen molar-refractivity contribution in [3.63, 3.8) is 0 Å². The molecule has 2 unspecified atom stereocenters. The zero-order chi connectivity index (χ0) is 28.6. The molecule has 0 aliphatic carbocycles. The van der Waals surface area contributed by atoms with Crippen LogP contribution in [0.15, 0.2) is 47.4 Å². The summed E-state index contributed by atoms with van der Waals surface area (Å²) < 4.78 is 5.37. The Bertz CT molecular complexity index is 1070. The second kappa shape index (κ2) is 22.7. The Labute approximate surface area is 295 Å². The van der Waals surface area contributed by atoms with E-state index in [1.54, 1.807) is 18.2 Å². The van der Waals surface area contributed by atoms with Crippen molar-refractivity contribution >= 4 is 29.5 Å². The molecule has 10 heteroatoms. The van der Waals surface area contributed by atoms with Gasteiger partial charge in [0, 0.05) is 11.3 Å². The van der Waals surface area contributed by atoms with E-state index in [0.29, 0.717) is 17.7 Å². The van der Waals surface area contributed by atoms with Crippen LogP contribution in [-0.4, -0.2) is 45.8 Å². The van der Waals surface area contributed by atoms with Crippen molar-refractivity contribution in [3.8, 4) is 5.75 Å². The molecule has 218 valence electrons. The monoisotopic (exact) mass is 606 g/mol. The Balaban J connectivity index is -0.00000400. The van der Waals surface area contributed by atoms with E-state index in [1.807, 2.05) is 12.1 Å². The fourth-order valence-corrected chi connectivity index (χ4v) is 5.62. The summed E-state index contributed by atoms with van der Waals surface area (Å²) in [4.78, 5) is 34.7. The minimum Gasteiger partial charge on any atom is -1.00 e. The average molecular weight is 607 g/mol. The number of carboxylic acids is 2. The summed E-state index contributed by atoms with van der Waals surface area (Å²) in [6.45, 7) is 3.04. The van der Waals surface area contributed by atoms with E-state index >= 15 is 0 Å². The van der Waals surface area contributed by atoms with Crippen LogP contribution in [0.3, 0.4) is 0 Å². The Morgan fingerprint density at radius 1 is 0.878 bits per heavy atom. The molecule has 41 heavy (non-hydrogen) atoms. The maximum atomic E-state index is 12.0. The van der Waals surface area contributed by atoms with Crippen molar-refractivity contribution in [2.24, 2.45) is 0 Å². The number of thioether (sulfide) groups is 1. The van der Waals surface area contributed by atoms with Gasteiger partial charge in [-0.2, -0.15) is 0 Å². The molecule has 2 aromatic rings. The second-order valence-corrected chi connectivity index (χ2v) is 11.1. The first kappa shape index (κ1) is 40.2. The van der Waals surface area contributed by atoms with Gasteiger partial charge in [0.15, 0.2) is 12.4 Å². The number of aliphatic hydroxyl groups is 1. The van der Waals surface area contributed by atoms with Gasteiger partial charge in [-0.15, -0.1) is 11.8 Å². The molecule has 0 amide bonds. The Hall–Kier alpha value is -0.840. The Morgan fingerprint density at radius 3 is 2.10 bits per heavy atom. The SMILES string of the molecule is CCCCCCCCCc1ccc(C(Sc2ccc(C(C)=O)c(OCC(=O)O)c2)C(O)CCCC(=O)O)cc1.[H-].[H-].[Na+].[Na+]. The van der Waals surface area contributed by atoms with E-state index in [0.717, 1.165) is 18.4 Å². The summed E-state index contributed by atoms with van der Waals surface area (Å²) in [6, 6.07) is 13.2. The molecule has 0 aliphatic rings. The number of ether oxygens (including phenoxy) is 1. The van der Waals surface area contributed by atoms with Crippen LogP contribution in [0.2, 0.25) is 0 Å². The van der Waals surface area contributed by atoms with Gasteiger partial charge >= 0.3 is 71.1 Å². The molecule has 0 saturated carbocycles. The maximum Gasteiger partial charge on any atom is 1.00 e. The van der Waals surface area contributed by atoms with Gasteiger partial charge in [0.2, 0.25) is 0 Å². The third kappa shape index (κ3) is 16.0. The van der Waals surface area contributed by atoms with Gasteiger partial charge in [-0.3, -0.25) is 9.59 Å². The number of benzene rings is 2. The molecular formula is C31H44Na2O7S. The molecular weight excluding hydrogens is 562 g/mol. The van der Waals surface area contributed by atoms with Gasteiger partial charge in [0.25, 0.3) is 0 Å². The van der Waals surface area contributed by atoms with Crippen molar-refractivity contribution in [2.45, 2.75) is 101 Å². The molecule has 0 saturated heterocycles. The number of ketones is 1. The molecule has 0 fully saturated rings. The summed E-state index contributed by atoms with van der Waals surface area (Å²) >= 11 is 1.38. The first-order chi connectivity index (χ1) is 18.7. The van der Waals surface area contributed by atoms with Gasteiger partial charge in [0.1, 0.15) is 5.75 Å². The summed E-state index contributed by atoms with van der Waals surface area (Å²) in [5.74, 6) is -2.11. The fourth-order valence-electron chi connectivity index (χ4n) is 4.42. The summed E-state index contributed by atoms with van der Waals surface area (Å²) in [5, 5.41) is 28.7. The molecule has 0 heterocycles. The number of Topliss-reactive ketones (excluding diaryl/α,β-unsaturated/α-hetero) is 1. The minimum atomic E-state index is -1.15. The van der Waals surface area contributed by atoms with Crippen LogP contribution in [0.4, 0.5) is 0 Å². The van der Waals surface area contributed by atoms with Crippen molar-refractivity contribution in [3.05, 3.63) is 59.2 Å². The summed E-state index contributed by atoms with van der Waals surface area (Å²) in [5.41, 5.74) is 2.44. The third-order valence-corrected chi connectivity index (χ3v) is 7.93. The number of carboxylic acid groups (broad SMARTS) is 2. The second-order valence-electron chi connectivity index (χ2n) is 9.90. The Kier molecular flexibility index (Phi) is 22.2. The quantitative estimate of drug-likeness (QED) is 0.0894. The number of carbonyl (C=O) groups is 3. The number of rotatable bonds is 20. The molecule has 0 radical (unpaired) electrons. The normalized spacial score (nSPS) is 12.0. The van der Waals surface area contributed by atoms with Gasteiger partial charge in [-0.25, -0.2) is 4.79 Å². The molecule has 0 bridgehead atoms. The summed E-state index contributed by atoms with van der Waals surface area (Å²) in [7, 11) is 0. The van der Waals surface area contributed by atoms with Gasteiger partial charge in [0.05, 0.1) is 16.9 Å². The zero-order valence-electron chi connectivity index (χ0n) is 27.1. The van der Waals surface area contributed by atoms with Crippen LogP contribution in [0.1, 0.15) is 108 Å². The smallest absolute Gasteiger partial charge is 1.00 e. The molecule has 2 rings (SSSR count). The van der Waals surface area contributed by atoms with Crippen LogP contribution in [0, 0.1) is 0 Å². The predicted octanol–water partition coefficient (Wildman–Crippen LogP) is 1.33. The van der Waals surface area contributed by atoms with E-state index in [1.165, 1.54) is 62.8 Å². The number of unbranched alkanes of at least 4 members (excludes halogenated alkanes) is 6. The minimum absolute atomic E-state index is 0. The van der Waals surface area contributed by atoms with Crippen LogP contribution in [0.25, 0.3) is 0 Å². The largest absolute Gasteiger partial charge is 1.00 e. The van der Waals surface area contributed by atoms with E-state index in [4.69, 9.17) is 14.9 Å². The van der Waals surface area contributed by atoms with Gasteiger partial charge in [-0.05, 0) is 61.9 Å². The molecule has 0 spiro atoms. The van der Waals surface area contributed by atoms with Crippen molar-refractivity contribution < 1.29 is 96.4 Å². The first-order valence-corrected chi connectivity index (χ1v) is 14.7. The number of aliphatic hydroxyl groups excluding tert-OH is 1. The van der Waals surface area contributed by atoms with E-state index in [9.17, 15) is 19.5 Å². The zero-order valence-corrected chi connectivity index (χ0v) is 29.9. The number of aryl methyl sites for hydroxylation is 1. The maximum absolute atomic E-state index is 12.0. The molecule has 7 nitrogen and oxygen atoms in total. The van der Waals surface area contributed by atoms with Crippen LogP contribution in [0.5, 0.6) is 5.75 Å². The molecule has 2 aromatic carbocycles. The number of hydrogen-bond acceptors (Lipinski definition) is 6. The van der Waals surface area contributed by atoms with Gasteiger partial charge in [-0.1, -0.05) is 69.7 Å². The topological polar surface area (TPSA) is 121 Å². The van der Waals surface area contributed by atoms with Crippen LogP contribution >= 0.6 is 11.8 Å². The number of carbonyl (C=O) groups excluding carboxylic acids is 1. The predicted molar refractivity (Wildman–Crippen MR) is 156 cm³/mol. The van der Waals surface area contributed by atoms with E-state index < -0.39 is 24.6 Å². The molecule has 0 aliphatic heterocycles. The van der Waals surface area contributed by atoms with Crippen molar-refractivity contribution in [1.29, 1.82) is 0 Å². The van der Waals surface area contributed by atoms with E-state index in [2.05, 4.69) is 19.1 Å². The number of hydrogen-bond donors (Lipinski definition) is 3. The van der Waals surface area contributed by atoms with Crippen molar-refractivity contribution in [2.75, 3.05) is 6.61 Å². The molecule has 2 atom stereocenters. The summed E-state index contributed by atoms with van der Waals surface area (Å²) in [6.07, 6.45) is 9.63. The molecule has 0 aromatic heterocycles. The fraction of sp³-hybridized carbons (Fsp3) is 0.516. The first-order valence-electron chi connectivity index (χ1n) is 13.9. The Morgan fingerprint density at radius 2 is 1.51 bits per heavy atom. The molecule has 3 N–H and O–H groups in total. The van der Waals surface area contributed by atoms with E-state index in [-0.39, 0.29) is 90.7 Å². The van der Waals surface area contributed by atoms with Crippen LogP contribution < -0.4 is 63.9 Å².